The Hall–Kier alpha value is -2.73. The number of carbonyl (C=O) groups excluding carboxylic acids is 1. The minimum Gasteiger partial charge on any atom is -0.273 e. The van der Waals surface area contributed by atoms with Gasteiger partial charge < -0.3 is 0 Å². The van der Waals surface area contributed by atoms with E-state index in [2.05, 4.69) is 15.4 Å². The second-order valence-corrected chi connectivity index (χ2v) is 6.33. The zero-order chi connectivity index (χ0) is 15.6. The molecule has 0 radical (unpaired) electrons. The van der Waals surface area contributed by atoms with Crippen LogP contribution in [0.2, 0.25) is 0 Å². The highest BCUT2D eigenvalue weighted by molar-refractivity contribution is 7.18. The molecule has 2 aromatic carbocycles. The van der Waals surface area contributed by atoms with Crippen molar-refractivity contribution in [3.8, 4) is 0 Å². The van der Waals surface area contributed by atoms with Crippen LogP contribution in [0.1, 0.15) is 11.4 Å². The molecule has 0 bridgehead atoms. The van der Waals surface area contributed by atoms with Gasteiger partial charge in [0, 0.05) is 12.8 Å². The number of aromatic nitrogens is 3. The number of aryl methyl sites for hydroxylation is 1. The maximum absolute atomic E-state index is 12.2. The molecule has 0 spiro atoms. The van der Waals surface area contributed by atoms with Crippen LogP contribution in [0.5, 0.6) is 0 Å². The third kappa shape index (κ3) is 2.80. The summed E-state index contributed by atoms with van der Waals surface area (Å²) in [5.74, 6) is -0.0487. The van der Waals surface area contributed by atoms with Gasteiger partial charge in [0.05, 0.1) is 26.3 Å². The maximum atomic E-state index is 12.2. The first kappa shape index (κ1) is 13.9. The predicted molar refractivity (Wildman–Crippen MR) is 92.0 cm³/mol. The smallest absolute Gasteiger partial charge is 0.239 e. The second-order valence-electron chi connectivity index (χ2n) is 5.21. The highest BCUT2D eigenvalue weighted by Gasteiger charge is 2.08. The molecule has 4 aromatic rings. The van der Waals surface area contributed by atoms with Crippen LogP contribution in [0.15, 0.2) is 54.9 Å². The van der Waals surface area contributed by atoms with E-state index in [1.54, 1.807) is 22.3 Å². The van der Waals surface area contributed by atoms with E-state index >= 15 is 0 Å². The van der Waals surface area contributed by atoms with Crippen molar-refractivity contribution in [1.82, 2.24) is 14.6 Å². The van der Waals surface area contributed by atoms with Crippen LogP contribution in [0.4, 0.5) is 0 Å². The fourth-order valence-corrected chi connectivity index (χ4v) is 3.45. The molecule has 5 nitrogen and oxygen atoms in total. The Morgan fingerprint density at radius 2 is 1.87 bits per heavy atom. The summed E-state index contributed by atoms with van der Waals surface area (Å²) >= 11 is 1.64. The third-order valence-corrected chi connectivity index (χ3v) is 4.70. The lowest BCUT2D eigenvalue weighted by Gasteiger charge is -2.06. The molecule has 0 fully saturated rings. The molecule has 2 aromatic heterocycles. The highest BCUT2D eigenvalue weighted by atomic mass is 32.1. The Morgan fingerprint density at radius 1 is 1.09 bits per heavy atom. The van der Waals surface area contributed by atoms with Gasteiger partial charge in [-0.2, -0.15) is 0 Å². The van der Waals surface area contributed by atoms with E-state index in [-0.39, 0.29) is 5.91 Å². The number of para-hydroxylation sites is 3. The quantitative estimate of drug-likeness (QED) is 0.627. The van der Waals surface area contributed by atoms with Crippen LogP contribution in [-0.4, -0.2) is 20.6 Å². The van der Waals surface area contributed by atoms with E-state index in [9.17, 15) is 4.79 Å². The van der Waals surface area contributed by atoms with Crippen molar-refractivity contribution in [1.29, 1.82) is 0 Å². The average molecular weight is 322 g/mol. The van der Waals surface area contributed by atoms with Crippen molar-refractivity contribution in [2.45, 2.75) is 12.8 Å². The number of imidazole rings is 1. The van der Waals surface area contributed by atoms with Gasteiger partial charge in [0.2, 0.25) is 5.91 Å². The first-order chi connectivity index (χ1) is 11.3. The second kappa shape index (κ2) is 5.81. The standard InChI is InChI=1S/C17H14N4OS/c22-16(20-21-11-18-12-5-1-3-7-14(12)21)9-10-17-19-13-6-2-4-8-15(13)23-17/h1-8,11H,9-10H2,(H,20,22). The molecule has 0 saturated heterocycles. The zero-order valence-corrected chi connectivity index (χ0v) is 13.1. The number of carbonyl (C=O) groups is 1. The normalized spacial score (nSPS) is 11.1. The van der Waals surface area contributed by atoms with Crippen LogP contribution in [0, 0.1) is 0 Å². The predicted octanol–water partition coefficient (Wildman–Crippen LogP) is 3.35. The van der Waals surface area contributed by atoms with Gasteiger partial charge >= 0.3 is 0 Å². The summed E-state index contributed by atoms with van der Waals surface area (Å²) in [6, 6.07) is 15.7. The molecule has 0 saturated carbocycles. The topological polar surface area (TPSA) is 59.8 Å². The summed E-state index contributed by atoms with van der Waals surface area (Å²) in [5, 5.41) is 0.983. The highest BCUT2D eigenvalue weighted by Crippen LogP contribution is 2.22. The molecule has 23 heavy (non-hydrogen) atoms. The Balaban J connectivity index is 1.43. The molecule has 1 amide bonds. The fraction of sp³-hybridized carbons (Fsp3) is 0.118. The van der Waals surface area contributed by atoms with E-state index in [0.717, 1.165) is 26.3 Å². The number of rotatable bonds is 4. The van der Waals surface area contributed by atoms with E-state index in [4.69, 9.17) is 0 Å². The van der Waals surface area contributed by atoms with Crippen molar-refractivity contribution < 1.29 is 4.79 Å². The van der Waals surface area contributed by atoms with Crippen LogP contribution < -0.4 is 5.43 Å². The maximum Gasteiger partial charge on any atom is 0.239 e. The van der Waals surface area contributed by atoms with Gasteiger partial charge in [0.25, 0.3) is 0 Å². The lowest BCUT2D eigenvalue weighted by molar-refractivity contribution is -0.117. The largest absolute Gasteiger partial charge is 0.273 e. The van der Waals surface area contributed by atoms with Gasteiger partial charge in [-0.1, -0.05) is 24.3 Å². The van der Waals surface area contributed by atoms with Crippen molar-refractivity contribution in [2.24, 2.45) is 0 Å². The van der Waals surface area contributed by atoms with Crippen molar-refractivity contribution >= 4 is 38.5 Å². The van der Waals surface area contributed by atoms with Crippen LogP contribution >= 0.6 is 11.3 Å². The molecule has 0 aliphatic rings. The van der Waals surface area contributed by atoms with Gasteiger partial charge in [-0.25, -0.2) is 14.6 Å². The first-order valence-corrected chi connectivity index (χ1v) is 8.18. The van der Waals surface area contributed by atoms with Gasteiger partial charge in [-0.15, -0.1) is 11.3 Å². The van der Waals surface area contributed by atoms with E-state index in [0.29, 0.717) is 12.8 Å². The molecule has 0 aliphatic carbocycles. The molecule has 0 aliphatic heterocycles. The Labute approximate surface area is 136 Å². The van der Waals surface area contributed by atoms with Crippen LogP contribution in [0.25, 0.3) is 21.3 Å². The van der Waals surface area contributed by atoms with Gasteiger partial charge in [-0.3, -0.25) is 10.2 Å². The number of amides is 1. The molecular formula is C17H14N4OS. The van der Waals surface area contributed by atoms with Crippen molar-refractivity contribution in [3.63, 3.8) is 0 Å². The Bertz CT molecular complexity index is 955. The number of nitrogens with zero attached hydrogens (tertiary/aromatic N) is 3. The van der Waals surface area contributed by atoms with Gasteiger partial charge in [-0.05, 0) is 24.3 Å². The summed E-state index contributed by atoms with van der Waals surface area (Å²) in [5.41, 5.74) is 5.60. The fourth-order valence-electron chi connectivity index (χ4n) is 2.49. The van der Waals surface area contributed by atoms with Crippen LogP contribution in [-0.2, 0) is 11.2 Å². The van der Waals surface area contributed by atoms with E-state index in [1.807, 2.05) is 48.5 Å². The average Bonchev–Trinajstić information content (AvgIpc) is 3.17. The van der Waals surface area contributed by atoms with E-state index < -0.39 is 0 Å². The summed E-state index contributed by atoms with van der Waals surface area (Å²) in [6.07, 6.45) is 2.66. The lowest BCUT2D eigenvalue weighted by atomic mass is 10.3. The first-order valence-electron chi connectivity index (χ1n) is 7.36. The zero-order valence-electron chi connectivity index (χ0n) is 12.3. The number of thiazole rings is 1. The monoisotopic (exact) mass is 322 g/mol. The molecule has 0 unspecified atom stereocenters. The summed E-state index contributed by atoms with van der Waals surface area (Å²) in [7, 11) is 0. The summed E-state index contributed by atoms with van der Waals surface area (Å²) in [6.45, 7) is 0. The number of hydrogen-bond acceptors (Lipinski definition) is 4. The lowest BCUT2D eigenvalue weighted by Crippen LogP contribution is -2.22. The minimum atomic E-state index is -0.0487. The van der Waals surface area contributed by atoms with Gasteiger partial charge in [0.1, 0.15) is 6.33 Å². The van der Waals surface area contributed by atoms with Crippen molar-refractivity contribution in [2.75, 3.05) is 5.43 Å². The molecule has 6 heteroatoms. The van der Waals surface area contributed by atoms with Gasteiger partial charge in [0.15, 0.2) is 0 Å². The Morgan fingerprint density at radius 3 is 2.74 bits per heavy atom. The summed E-state index contributed by atoms with van der Waals surface area (Å²) < 4.78 is 2.82. The minimum absolute atomic E-state index is 0.0487. The molecule has 114 valence electrons. The third-order valence-electron chi connectivity index (χ3n) is 3.60. The number of nitrogens with one attached hydrogen (secondary N) is 1. The molecule has 0 atom stereocenters. The summed E-state index contributed by atoms with van der Waals surface area (Å²) in [4.78, 5) is 21.0. The SMILES string of the molecule is O=C(CCc1nc2ccccc2s1)Nn1cnc2ccccc21. The van der Waals surface area contributed by atoms with Crippen LogP contribution in [0.3, 0.4) is 0 Å². The molecule has 4 rings (SSSR count). The molecular weight excluding hydrogens is 308 g/mol. The number of fused-ring (bicyclic) bond motifs is 2. The number of benzene rings is 2. The number of hydrogen-bond donors (Lipinski definition) is 1. The Kier molecular flexibility index (Phi) is 3.51. The van der Waals surface area contributed by atoms with Crippen molar-refractivity contribution in [3.05, 3.63) is 59.9 Å². The molecule has 1 N–H and O–H groups in total. The molecule has 2 heterocycles. The van der Waals surface area contributed by atoms with E-state index in [1.165, 1.54) is 0 Å².